The van der Waals surface area contributed by atoms with Crippen molar-refractivity contribution in [1.82, 2.24) is 15.2 Å². The number of fused-ring (bicyclic) bond motifs is 1. The second-order valence-electron chi connectivity index (χ2n) is 11.7. The molecule has 2 fully saturated rings. The van der Waals surface area contributed by atoms with E-state index in [1.54, 1.807) is 49.4 Å². The molecule has 1 amide bonds. The molecule has 218 valence electrons. The molecule has 2 N–H and O–H groups in total. The lowest BCUT2D eigenvalue weighted by molar-refractivity contribution is -0.122. The molecular weight excluding hydrogens is 578 g/mol. The number of carbonyl (C=O) groups is 1. The van der Waals surface area contributed by atoms with Gasteiger partial charge in [0.25, 0.3) is 5.91 Å². The van der Waals surface area contributed by atoms with E-state index in [-0.39, 0.29) is 30.2 Å². The van der Waals surface area contributed by atoms with Gasteiger partial charge in [-0.25, -0.2) is 4.39 Å². The molecular formula is C32H31Cl2FN4O3. The first-order chi connectivity index (χ1) is 20.1. The van der Waals surface area contributed by atoms with Crippen LogP contribution in [0.25, 0.3) is 0 Å². The number of benzene rings is 2. The van der Waals surface area contributed by atoms with Crippen LogP contribution in [0.2, 0.25) is 10.0 Å². The summed E-state index contributed by atoms with van der Waals surface area (Å²) in [5, 5.41) is 25.7. The van der Waals surface area contributed by atoms with Crippen molar-refractivity contribution in [2.24, 2.45) is 11.3 Å². The summed E-state index contributed by atoms with van der Waals surface area (Å²) < 4.78 is 23.3. The first-order valence-electron chi connectivity index (χ1n) is 14.1. The maximum atomic E-state index is 16.7. The van der Waals surface area contributed by atoms with Gasteiger partial charge in [-0.2, -0.15) is 5.26 Å². The third-order valence-corrected chi connectivity index (χ3v) is 9.47. The maximum Gasteiger partial charge on any atom is 0.257 e. The van der Waals surface area contributed by atoms with E-state index in [0.717, 1.165) is 25.9 Å². The van der Waals surface area contributed by atoms with E-state index in [1.165, 1.54) is 17.2 Å². The predicted octanol–water partition coefficient (Wildman–Crippen LogP) is 5.91. The van der Waals surface area contributed by atoms with E-state index >= 15 is 4.39 Å². The van der Waals surface area contributed by atoms with Gasteiger partial charge in [-0.15, -0.1) is 0 Å². The van der Waals surface area contributed by atoms with Gasteiger partial charge in [-0.05, 0) is 93.6 Å². The van der Waals surface area contributed by atoms with E-state index in [0.29, 0.717) is 39.7 Å². The molecule has 3 aliphatic rings. The van der Waals surface area contributed by atoms with Crippen molar-refractivity contribution < 1.29 is 19.0 Å². The Kier molecular flexibility index (Phi) is 7.53. The summed E-state index contributed by atoms with van der Waals surface area (Å²) in [6, 6.07) is 15.4. The number of amides is 1. The first kappa shape index (κ1) is 29.0. The van der Waals surface area contributed by atoms with Crippen LogP contribution >= 0.6 is 23.2 Å². The lowest BCUT2D eigenvalue weighted by Crippen LogP contribution is -2.48. The average Bonchev–Trinajstić information content (AvgIpc) is 3.74. The van der Waals surface area contributed by atoms with Crippen LogP contribution in [-0.2, 0) is 22.6 Å². The summed E-state index contributed by atoms with van der Waals surface area (Å²) in [6.45, 7) is 3.17. The Morgan fingerprint density at radius 2 is 1.86 bits per heavy atom. The molecule has 1 aliphatic carbocycles. The number of nitrogens with zero attached hydrogens (tertiary/aromatic N) is 3. The van der Waals surface area contributed by atoms with Gasteiger partial charge >= 0.3 is 0 Å². The normalized spacial score (nSPS) is 22.9. The minimum Gasteiger partial charge on any atom is -0.385 e. The van der Waals surface area contributed by atoms with Crippen molar-refractivity contribution in [2.75, 3.05) is 19.7 Å². The Balaban J connectivity index is 1.54. The van der Waals surface area contributed by atoms with Gasteiger partial charge in [0.05, 0.1) is 52.1 Å². The fourth-order valence-corrected chi connectivity index (χ4v) is 6.43. The molecule has 1 saturated heterocycles. The molecule has 0 spiro atoms. The second kappa shape index (κ2) is 10.9. The highest BCUT2D eigenvalue weighted by Crippen LogP contribution is 2.52. The van der Waals surface area contributed by atoms with Crippen molar-refractivity contribution in [1.29, 1.82) is 5.26 Å². The summed E-state index contributed by atoms with van der Waals surface area (Å²) in [4.78, 5) is 20.2. The zero-order valence-corrected chi connectivity index (χ0v) is 24.7. The Labute approximate surface area is 254 Å². The average molecular weight is 610 g/mol. The Hall–Kier alpha value is -3.06. The van der Waals surface area contributed by atoms with Crippen LogP contribution in [0.4, 0.5) is 4.39 Å². The van der Waals surface area contributed by atoms with Gasteiger partial charge in [-0.3, -0.25) is 14.7 Å². The van der Waals surface area contributed by atoms with E-state index in [2.05, 4.69) is 16.4 Å². The minimum absolute atomic E-state index is 0.00261. The summed E-state index contributed by atoms with van der Waals surface area (Å²) in [5.74, 6) is -1.25. The molecule has 42 heavy (non-hydrogen) atoms. The first-order valence-corrected chi connectivity index (χ1v) is 14.9. The number of aromatic nitrogens is 1. The Bertz CT molecular complexity index is 1550. The number of piperidine rings is 1. The van der Waals surface area contributed by atoms with Crippen LogP contribution in [-0.4, -0.2) is 40.6 Å². The second-order valence-corrected chi connectivity index (χ2v) is 12.6. The molecule has 2 atom stereocenters. The van der Waals surface area contributed by atoms with Crippen molar-refractivity contribution in [3.63, 3.8) is 0 Å². The number of hydrogen-bond acceptors (Lipinski definition) is 6. The zero-order valence-electron chi connectivity index (χ0n) is 23.2. The molecule has 1 aromatic heterocycles. The number of carbonyl (C=O) groups excluding carboxylic acids is 1. The molecule has 6 rings (SSSR count). The van der Waals surface area contributed by atoms with Gasteiger partial charge < -0.3 is 15.2 Å². The summed E-state index contributed by atoms with van der Waals surface area (Å²) in [7, 11) is 0. The monoisotopic (exact) mass is 608 g/mol. The maximum absolute atomic E-state index is 16.7. The lowest BCUT2D eigenvalue weighted by Gasteiger charge is -2.40. The SMILES string of the molecule is CC(O)(c1cc(F)c2c(c1)C(=O)N(Cc1ccc(Cl)cn1)C2(OCC1(C#N)CC1)c1ccc(Cl)cc1)C1CCNCC1. The highest BCUT2D eigenvalue weighted by molar-refractivity contribution is 6.30. The Morgan fingerprint density at radius 3 is 2.48 bits per heavy atom. The highest BCUT2D eigenvalue weighted by Gasteiger charge is 2.57. The molecule has 10 heteroatoms. The molecule has 0 radical (unpaired) electrons. The van der Waals surface area contributed by atoms with Gasteiger partial charge in [0.2, 0.25) is 0 Å². The van der Waals surface area contributed by atoms with E-state index in [9.17, 15) is 15.2 Å². The molecule has 2 aromatic carbocycles. The van der Waals surface area contributed by atoms with Gasteiger partial charge in [-0.1, -0.05) is 35.3 Å². The predicted molar refractivity (Wildman–Crippen MR) is 156 cm³/mol. The number of rotatable bonds is 8. The molecule has 7 nitrogen and oxygen atoms in total. The molecule has 2 aliphatic heterocycles. The van der Waals surface area contributed by atoms with Crippen molar-refractivity contribution in [3.8, 4) is 6.07 Å². The lowest BCUT2D eigenvalue weighted by atomic mass is 9.76. The smallest absolute Gasteiger partial charge is 0.257 e. The van der Waals surface area contributed by atoms with Gasteiger partial charge in [0.15, 0.2) is 5.72 Å². The van der Waals surface area contributed by atoms with Gasteiger partial charge in [0, 0.05) is 16.8 Å². The zero-order chi connectivity index (χ0) is 29.7. The Morgan fingerprint density at radius 1 is 1.17 bits per heavy atom. The quantitative estimate of drug-likeness (QED) is 0.330. The van der Waals surface area contributed by atoms with Crippen LogP contribution in [0.3, 0.4) is 0 Å². The number of ether oxygens (including phenoxy) is 1. The van der Waals surface area contributed by atoms with Gasteiger partial charge in [0.1, 0.15) is 5.82 Å². The van der Waals surface area contributed by atoms with E-state index in [4.69, 9.17) is 27.9 Å². The van der Waals surface area contributed by atoms with Crippen molar-refractivity contribution in [3.05, 3.63) is 98.5 Å². The topological polar surface area (TPSA) is 98.5 Å². The molecule has 1 saturated carbocycles. The van der Waals surface area contributed by atoms with Crippen molar-refractivity contribution in [2.45, 2.75) is 50.5 Å². The number of hydrogen-bond donors (Lipinski definition) is 2. The fraction of sp³-hybridized carbons (Fsp3) is 0.406. The molecule has 3 heterocycles. The third kappa shape index (κ3) is 4.97. The van der Waals surface area contributed by atoms with E-state index in [1.807, 2.05) is 0 Å². The van der Waals surface area contributed by atoms with Crippen LogP contribution in [0.5, 0.6) is 0 Å². The molecule has 0 bridgehead atoms. The number of aliphatic hydroxyl groups is 1. The van der Waals surface area contributed by atoms with Crippen LogP contribution in [0.1, 0.15) is 65.3 Å². The van der Waals surface area contributed by atoms with Crippen LogP contribution < -0.4 is 5.32 Å². The standard InChI is InChI=1S/C32H31Cl2FN4O3/c1-30(41,20-8-12-37-13-9-20)22-14-26-28(27(35)15-22)32(21-2-4-23(33)5-3-21,42-19-31(18-36)10-11-31)39(29(26)40)17-25-7-6-24(34)16-38-25/h2-7,14-16,20,37,41H,8-13,17,19H2,1H3. The minimum atomic E-state index is -1.71. The van der Waals surface area contributed by atoms with Crippen molar-refractivity contribution >= 4 is 29.1 Å². The summed E-state index contributed by atoms with van der Waals surface area (Å²) in [5.41, 5.74) is -2.28. The molecule has 2 unspecified atom stereocenters. The third-order valence-electron chi connectivity index (χ3n) is 9.00. The number of halogens is 3. The fourth-order valence-electron chi connectivity index (χ4n) is 6.19. The summed E-state index contributed by atoms with van der Waals surface area (Å²) >= 11 is 12.3. The van der Waals surface area contributed by atoms with Crippen LogP contribution in [0, 0.1) is 28.5 Å². The van der Waals surface area contributed by atoms with Crippen LogP contribution in [0.15, 0.2) is 54.7 Å². The highest BCUT2D eigenvalue weighted by atomic mass is 35.5. The molecule has 3 aromatic rings. The number of nitrogens with one attached hydrogen (secondary N) is 1. The largest absolute Gasteiger partial charge is 0.385 e. The number of pyridine rings is 1. The number of nitriles is 1. The summed E-state index contributed by atoms with van der Waals surface area (Å²) in [6.07, 6.45) is 4.24. The van der Waals surface area contributed by atoms with E-state index < -0.39 is 28.5 Å².